The number of amides is 1. The second kappa shape index (κ2) is 11.3. The minimum atomic E-state index is -0.795. The van der Waals surface area contributed by atoms with E-state index < -0.39 is 29.1 Å². The van der Waals surface area contributed by atoms with Crippen molar-refractivity contribution in [3.63, 3.8) is 0 Å². The van der Waals surface area contributed by atoms with Crippen molar-refractivity contribution in [2.45, 2.75) is 24.9 Å². The van der Waals surface area contributed by atoms with Gasteiger partial charge in [0, 0.05) is 11.3 Å². The van der Waals surface area contributed by atoms with Crippen molar-refractivity contribution in [2.75, 3.05) is 19.5 Å². The predicted molar refractivity (Wildman–Crippen MR) is 132 cm³/mol. The van der Waals surface area contributed by atoms with Crippen LogP contribution in [0.15, 0.2) is 72.8 Å². The molecule has 0 saturated carbocycles. The van der Waals surface area contributed by atoms with Gasteiger partial charge in [0.15, 0.2) is 11.5 Å². The van der Waals surface area contributed by atoms with E-state index >= 15 is 0 Å². The van der Waals surface area contributed by atoms with Crippen molar-refractivity contribution >= 4 is 23.6 Å². The molecule has 6 nitrogen and oxygen atoms in total. The van der Waals surface area contributed by atoms with Gasteiger partial charge in [-0.2, -0.15) is 0 Å². The molecular weight excluding hydrogens is 469 g/mol. The maximum atomic E-state index is 13.9. The first-order chi connectivity index (χ1) is 17.0. The van der Waals surface area contributed by atoms with E-state index in [9.17, 15) is 14.0 Å². The average Bonchev–Trinajstić information content (AvgIpc) is 3.33. The molecule has 1 aliphatic rings. The summed E-state index contributed by atoms with van der Waals surface area (Å²) >= 11 is 1.44. The van der Waals surface area contributed by atoms with Crippen LogP contribution >= 0.6 is 11.8 Å². The Balaban J connectivity index is 1.66. The van der Waals surface area contributed by atoms with Crippen LogP contribution in [0.5, 0.6) is 11.5 Å². The molecule has 0 N–H and O–H groups in total. The average molecular weight is 496 g/mol. The molecule has 0 bridgehead atoms. The van der Waals surface area contributed by atoms with Crippen molar-refractivity contribution < 1.29 is 28.2 Å². The topological polar surface area (TPSA) is 65.1 Å². The molecule has 2 atom stereocenters. The Morgan fingerprint density at radius 3 is 2.54 bits per heavy atom. The summed E-state index contributed by atoms with van der Waals surface area (Å²) in [6.07, 6.45) is 0. The number of esters is 1. The number of carbonyl (C=O) groups excluding carboxylic acids is 2. The van der Waals surface area contributed by atoms with Crippen LogP contribution < -0.4 is 9.47 Å². The SMILES string of the molecule is CCOC(=O)[C@H]1CS[C@H](c2ccc(OC)c(OCc3ccccc3)c2)N1C(=O)c1cccc(F)c1. The second-order valence-electron chi connectivity index (χ2n) is 7.86. The highest BCUT2D eigenvalue weighted by Crippen LogP contribution is 2.44. The highest BCUT2D eigenvalue weighted by atomic mass is 32.2. The van der Waals surface area contributed by atoms with Crippen LogP contribution in [0.4, 0.5) is 4.39 Å². The summed E-state index contributed by atoms with van der Waals surface area (Å²) in [4.78, 5) is 27.7. The molecule has 1 heterocycles. The Morgan fingerprint density at radius 2 is 1.83 bits per heavy atom. The van der Waals surface area contributed by atoms with Crippen molar-refractivity contribution in [3.8, 4) is 11.5 Å². The van der Waals surface area contributed by atoms with Gasteiger partial charge < -0.3 is 19.1 Å². The largest absolute Gasteiger partial charge is 0.493 e. The molecule has 0 spiro atoms. The quantitative estimate of drug-likeness (QED) is 0.399. The number of hydrogen-bond acceptors (Lipinski definition) is 6. The van der Waals surface area contributed by atoms with Crippen molar-refractivity contribution in [1.82, 2.24) is 4.90 Å². The van der Waals surface area contributed by atoms with Crippen LogP contribution in [0.1, 0.15) is 33.8 Å². The number of rotatable bonds is 8. The Bertz CT molecular complexity index is 1190. The molecule has 0 aromatic heterocycles. The lowest BCUT2D eigenvalue weighted by Gasteiger charge is -2.29. The minimum Gasteiger partial charge on any atom is -0.493 e. The van der Waals surface area contributed by atoms with Crippen LogP contribution in [-0.2, 0) is 16.1 Å². The zero-order valence-electron chi connectivity index (χ0n) is 19.5. The molecule has 3 aromatic rings. The standard InChI is InChI=1S/C27H26FNO5S/c1-3-33-27(31)22-17-35-26(29(22)25(30)19-10-7-11-21(28)14-19)20-12-13-23(32-2)24(15-20)34-16-18-8-5-4-6-9-18/h4-15,22,26H,3,16-17H2,1-2H3/t22-,26-/m1/s1. The summed E-state index contributed by atoms with van der Waals surface area (Å²) in [5.41, 5.74) is 1.93. The van der Waals surface area contributed by atoms with Crippen molar-refractivity contribution in [1.29, 1.82) is 0 Å². The molecule has 1 amide bonds. The lowest BCUT2D eigenvalue weighted by molar-refractivity contribution is -0.147. The van der Waals surface area contributed by atoms with Gasteiger partial charge in [-0.25, -0.2) is 9.18 Å². The van der Waals surface area contributed by atoms with E-state index in [1.165, 1.54) is 40.9 Å². The normalized spacial score (nSPS) is 17.2. The van der Waals surface area contributed by atoms with Gasteiger partial charge in [-0.1, -0.05) is 42.5 Å². The molecule has 182 valence electrons. The number of benzene rings is 3. The van der Waals surface area contributed by atoms with E-state index in [0.717, 1.165) is 11.1 Å². The Hall–Kier alpha value is -3.52. The molecular formula is C27H26FNO5S. The molecule has 8 heteroatoms. The first kappa shape index (κ1) is 24.6. The van der Waals surface area contributed by atoms with E-state index in [-0.39, 0.29) is 12.2 Å². The number of nitrogens with zero attached hydrogens (tertiary/aromatic N) is 1. The number of thioether (sulfide) groups is 1. The maximum absolute atomic E-state index is 13.9. The summed E-state index contributed by atoms with van der Waals surface area (Å²) in [6, 6.07) is 19.8. The Morgan fingerprint density at radius 1 is 1.03 bits per heavy atom. The molecule has 0 aliphatic carbocycles. The zero-order chi connectivity index (χ0) is 24.8. The molecule has 3 aromatic carbocycles. The van der Waals surface area contributed by atoms with Crippen LogP contribution in [0.25, 0.3) is 0 Å². The third-order valence-corrected chi connectivity index (χ3v) is 6.90. The minimum absolute atomic E-state index is 0.167. The lowest BCUT2D eigenvalue weighted by atomic mass is 10.1. The third-order valence-electron chi connectivity index (χ3n) is 5.58. The molecule has 35 heavy (non-hydrogen) atoms. The summed E-state index contributed by atoms with van der Waals surface area (Å²) in [6.45, 7) is 2.26. The summed E-state index contributed by atoms with van der Waals surface area (Å²) in [7, 11) is 1.56. The van der Waals surface area contributed by atoms with Gasteiger partial charge in [-0.05, 0) is 48.4 Å². The van der Waals surface area contributed by atoms with Crippen LogP contribution in [0, 0.1) is 5.82 Å². The van der Waals surface area contributed by atoms with Crippen LogP contribution in [-0.4, -0.2) is 42.3 Å². The molecule has 0 unspecified atom stereocenters. The van der Waals surface area contributed by atoms with Gasteiger partial charge in [0.25, 0.3) is 5.91 Å². The van der Waals surface area contributed by atoms with E-state index in [0.29, 0.717) is 23.9 Å². The summed E-state index contributed by atoms with van der Waals surface area (Å²) in [5, 5.41) is -0.495. The van der Waals surface area contributed by atoms with Crippen LogP contribution in [0.2, 0.25) is 0 Å². The van der Waals surface area contributed by atoms with Gasteiger partial charge >= 0.3 is 5.97 Å². The first-order valence-corrected chi connectivity index (χ1v) is 12.3. The monoisotopic (exact) mass is 495 g/mol. The first-order valence-electron chi connectivity index (χ1n) is 11.2. The maximum Gasteiger partial charge on any atom is 0.329 e. The van der Waals surface area contributed by atoms with E-state index in [1.54, 1.807) is 20.1 Å². The fourth-order valence-corrected chi connectivity index (χ4v) is 5.30. The Kier molecular flexibility index (Phi) is 7.92. The Labute approximate surface area is 208 Å². The predicted octanol–water partition coefficient (Wildman–Crippen LogP) is 5.23. The molecule has 1 aliphatic heterocycles. The fourth-order valence-electron chi connectivity index (χ4n) is 3.90. The van der Waals surface area contributed by atoms with Crippen molar-refractivity contribution in [2.24, 2.45) is 0 Å². The summed E-state index contributed by atoms with van der Waals surface area (Å²) < 4.78 is 30.6. The highest BCUT2D eigenvalue weighted by Gasteiger charge is 2.43. The molecule has 4 rings (SSSR count). The number of methoxy groups -OCH3 is 1. The summed E-state index contributed by atoms with van der Waals surface area (Å²) in [5.74, 6) is -0.0178. The third kappa shape index (κ3) is 5.59. The molecule has 1 fully saturated rings. The van der Waals surface area contributed by atoms with Gasteiger partial charge in [-0.3, -0.25) is 4.79 Å². The van der Waals surface area contributed by atoms with Crippen molar-refractivity contribution in [3.05, 3.63) is 95.3 Å². The van der Waals surface area contributed by atoms with E-state index in [1.807, 2.05) is 42.5 Å². The van der Waals surface area contributed by atoms with Gasteiger partial charge in [0.1, 0.15) is 23.8 Å². The van der Waals surface area contributed by atoms with E-state index in [4.69, 9.17) is 14.2 Å². The molecule has 0 radical (unpaired) electrons. The lowest BCUT2D eigenvalue weighted by Crippen LogP contribution is -2.43. The highest BCUT2D eigenvalue weighted by molar-refractivity contribution is 7.99. The van der Waals surface area contributed by atoms with Gasteiger partial charge in [0.2, 0.25) is 0 Å². The van der Waals surface area contributed by atoms with Gasteiger partial charge in [0.05, 0.1) is 13.7 Å². The number of hydrogen-bond donors (Lipinski definition) is 0. The number of ether oxygens (including phenoxy) is 3. The number of carbonyl (C=O) groups is 2. The fraction of sp³-hybridized carbons (Fsp3) is 0.259. The smallest absolute Gasteiger partial charge is 0.329 e. The number of halogens is 1. The second-order valence-corrected chi connectivity index (χ2v) is 8.97. The molecule has 1 saturated heterocycles. The van der Waals surface area contributed by atoms with Crippen LogP contribution in [0.3, 0.4) is 0 Å². The van der Waals surface area contributed by atoms with E-state index in [2.05, 4.69) is 0 Å². The zero-order valence-corrected chi connectivity index (χ0v) is 20.3. The van der Waals surface area contributed by atoms with Gasteiger partial charge in [-0.15, -0.1) is 11.8 Å².